The second kappa shape index (κ2) is 3.63. The molecule has 0 unspecified atom stereocenters. The number of halogens is 1. The van der Waals surface area contributed by atoms with Crippen LogP contribution in [0.3, 0.4) is 0 Å². The van der Waals surface area contributed by atoms with E-state index in [0.29, 0.717) is 5.54 Å². The van der Waals surface area contributed by atoms with Crippen molar-refractivity contribution in [2.45, 2.75) is 44.1 Å². The minimum absolute atomic E-state index is 0.559. The largest absolute Gasteiger partial charge is 0.299 e. The Morgan fingerprint density at radius 3 is 1.93 bits per heavy atom. The van der Waals surface area contributed by atoms with Crippen molar-refractivity contribution < 1.29 is 0 Å². The van der Waals surface area contributed by atoms with Gasteiger partial charge >= 0.3 is 0 Å². The van der Waals surface area contributed by atoms with Gasteiger partial charge in [0.05, 0.1) is 0 Å². The van der Waals surface area contributed by atoms with Crippen molar-refractivity contribution in [2.24, 2.45) is 17.8 Å². The average molecular weight is 228 g/mol. The summed E-state index contributed by atoms with van der Waals surface area (Å²) in [5, 5.41) is 0. The summed E-state index contributed by atoms with van der Waals surface area (Å²) in [4.78, 5) is 2.59. The van der Waals surface area contributed by atoms with Gasteiger partial charge < -0.3 is 0 Å². The van der Waals surface area contributed by atoms with Crippen LogP contribution in [0.15, 0.2) is 0 Å². The highest BCUT2D eigenvalue weighted by atomic mass is 35.5. The van der Waals surface area contributed by atoms with Gasteiger partial charge in [-0.3, -0.25) is 4.90 Å². The summed E-state index contributed by atoms with van der Waals surface area (Å²) in [7, 11) is 2.30. The van der Waals surface area contributed by atoms with Crippen LogP contribution in [-0.2, 0) is 0 Å². The van der Waals surface area contributed by atoms with Crippen LogP contribution in [0.5, 0.6) is 0 Å². The van der Waals surface area contributed by atoms with Crippen LogP contribution in [0.4, 0.5) is 0 Å². The highest BCUT2D eigenvalue weighted by Gasteiger charge is 2.52. The second-order valence-electron chi connectivity index (χ2n) is 6.25. The number of rotatable bonds is 3. The molecule has 86 valence electrons. The molecule has 0 amide bonds. The number of alkyl halides is 1. The molecule has 4 fully saturated rings. The summed E-state index contributed by atoms with van der Waals surface area (Å²) in [6, 6.07) is 0. The lowest BCUT2D eigenvalue weighted by atomic mass is 9.52. The molecule has 4 saturated carbocycles. The molecular weight excluding hydrogens is 206 g/mol. The molecule has 0 aromatic heterocycles. The van der Waals surface area contributed by atoms with Crippen molar-refractivity contribution >= 4 is 11.6 Å². The SMILES string of the molecule is CN(CCCl)C12CC3CC(CC(C3)C1)C2. The summed E-state index contributed by atoms with van der Waals surface area (Å²) in [5.41, 5.74) is 0.559. The maximum absolute atomic E-state index is 5.89. The van der Waals surface area contributed by atoms with Gasteiger partial charge in [0.25, 0.3) is 0 Å². The average Bonchev–Trinajstić information content (AvgIpc) is 2.15. The lowest BCUT2D eigenvalue weighted by molar-refractivity contribution is -0.0769. The van der Waals surface area contributed by atoms with Gasteiger partial charge in [0.1, 0.15) is 0 Å². The zero-order chi connectivity index (χ0) is 10.5. The summed E-state index contributed by atoms with van der Waals surface area (Å²) in [6.45, 7) is 1.08. The molecule has 2 heteroatoms. The maximum atomic E-state index is 5.89. The van der Waals surface area contributed by atoms with E-state index in [0.717, 1.165) is 30.2 Å². The fourth-order valence-electron chi connectivity index (χ4n) is 4.90. The van der Waals surface area contributed by atoms with E-state index in [2.05, 4.69) is 11.9 Å². The van der Waals surface area contributed by atoms with E-state index < -0.39 is 0 Å². The van der Waals surface area contributed by atoms with Crippen molar-refractivity contribution in [3.05, 3.63) is 0 Å². The number of hydrogen-bond donors (Lipinski definition) is 0. The Balaban J connectivity index is 1.80. The molecule has 0 spiro atoms. The smallest absolute Gasteiger partial charge is 0.0351 e. The van der Waals surface area contributed by atoms with Gasteiger partial charge in [-0.15, -0.1) is 11.6 Å². The summed E-state index contributed by atoms with van der Waals surface area (Å²) in [5.74, 6) is 3.94. The van der Waals surface area contributed by atoms with Gasteiger partial charge in [-0.05, 0) is 63.3 Å². The third-order valence-electron chi connectivity index (χ3n) is 5.24. The van der Waals surface area contributed by atoms with Crippen LogP contribution in [-0.4, -0.2) is 29.9 Å². The summed E-state index contributed by atoms with van der Waals surface area (Å²) >= 11 is 5.89. The Labute approximate surface area is 98.2 Å². The predicted octanol–water partition coefficient (Wildman–Crippen LogP) is 3.13. The van der Waals surface area contributed by atoms with E-state index >= 15 is 0 Å². The van der Waals surface area contributed by atoms with Crippen molar-refractivity contribution in [3.63, 3.8) is 0 Å². The molecule has 0 atom stereocenters. The monoisotopic (exact) mass is 227 g/mol. The lowest BCUT2D eigenvalue weighted by Crippen LogP contribution is -2.59. The molecule has 4 aliphatic rings. The van der Waals surface area contributed by atoms with E-state index in [9.17, 15) is 0 Å². The Morgan fingerprint density at radius 1 is 1.07 bits per heavy atom. The van der Waals surface area contributed by atoms with Gasteiger partial charge in [0.2, 0.25) is 0 Å². The van der Waals surface area contributed by atoms with E-state index in [4.69, 9.17) is 11.6 Å². The first-order chi connectivity index (χ1) is 7.22. The van der Waals surface area contributed by atoms with Gasteiger partial charge in [-0.25, -0.2) is 0 Å². The van der Waals surface area contributed by atoms with E-state index in [-0.39, 0.29) is 0 Å². The zero-order valence-corrected chi connectivity index (χ0v) is 10.5. The van der Waals surface area contributed by atoms with Crippen LogP contribution >= 0.6 is 11.6 Å². The molecular formula is C13H22ClN. The molecule has 0 radical (unpaired) electrons. The Morgan fingerprint density at radius 2 is 1.53 bits per heavy atom. The van der Waals surface area contributed by atoms with Crippen LogP contribution < -0.4 is 0 Å². The van der Waals surface area contributed by atoms with Gasteiger partial charge in [-0.2, -0.15) is 0 Å². The highest BCUT2D eigenvalue weighted by Crippen LogP contribution is 2.57. The summed E-state index contributed by atoms with van der Waals surface area (Å²) in [6.07, 6.45) is 9.00. The van der Waals surface area contributed by atoms with Crippen molar-refractivity contribution in [1.82, 2.24) is 4.90 Å². The first-order valence-electron chi connectivity index (χ1n) is 6.49. The molecule has 4 aliphatic carbocycles. The minimum atomic E-state index is 0.559. The van der Waals surface area contributed by atoms with E-state index in [1.807, 2.05) is 0 Å². The summed E-state index contributed by atoms with van der Waals surface area (Å²) < 4.78 is 0. The third-order valence-corrected chi connectivity index (χ3v) is 5.40. The number of hydrogen-bond acceptors (Lipinski definition) is 1. The molecule has 0 aliphatic heterocycles. The molecule has 4 rings (SSSR count). The van der Waals surface area contributed by atoms with E-state index in [1.165, 1.54) is 38.5 Å². The predicted molar refractivity (Wildman–Crippen MR) is 64.3 cm³/mol. The van der Waals surface area contributed by atoms with Crippen LogP contribution in [0.25, 0.3) is 0 Å². The minimum Gasteiger partial charge on any atom is -0.299 e. The Kier molecular flexibility index (Phi) is 2.52. The third kappa shape index (κ3) is 1.63. The fourth-order valence-corrected chi connectivity index (χ4v) is 5.15. The topological polar surface area (TPSA) is 3.24 Å². The lowest BCUT2D eigenvalue weighted by Gasteiger charge is -2.60. The van der Waals surface area contributed by atoms with Crippen LogP contribution in [0.2, 0.25) is 0 Å². The fraction of sp³-hybridized carbons (Fsp3) is 1.00. The molecule has 0 saturated heterocycles. The first kappa shape index (κ1) is 10.4. The second-order valence-corrected chi connectivity index (χ2v) is 6.63. The highest BCUT2D eigenvalue weighted by molar-refractivity contribution is 6.18. The zero-order valence-electron chi connectivity index (χ0n) is 9.71. The van der Waals surface area contributed by atoms with Crippen molar-refractivity contribution in [2.75, 3.05) is 19.5 Å². The number of nitrogens with zero attached hydrogens (tertiary/aromatic N) is 1. The van der Waals surface area contributed by atoms with E-state index in [1.54, 1.807) is 0 Å². The van der Waals surface area contributed by atoms with Crippen LogP contribution in [0, 0.1) is 17.8 Å². The van der Waals surface area contributed by atoms with Crippen molar-refractivity contribution in [3.8, 4) is 0 Å². The van der Waals surface area contributed by atoms with Gasteiger partial charge in [0.15, 0.2) is 0 Å². The molecule has 0 heterocycles. The first-order valence-corrected chi connectivity index (χ1v) is 7.02. The molecule has 0 N–H and O–H groups in total. The van der Waals surface area contributed by atoms with Crippen LogP contribution in [0.1, 0.15) is 38.5 Å². The molecule has 0 aromatic rings. The Hall–Kier alpha value is 0.250. The molecule has 15 heavy (non-hydrogen) atoms. The van der Waals surface area contributed by atoms with Gasteiger partial charge in [-0.1, -0.05) is 0 Å². The molecule has 0 aromatic carbocycles. The molecule has 4 bridgehead atoms. The maximum Gasteiger partial charge on any atom is 0.0351 e. The van der Waals surface area contributed by atoms with Crippen molar-refractivity contribution in [1.29, 1.82) is 0 Å². The molecule has 1 nitrogen and oxygen atoms in total. The Bertz CT molecular complexity index is 216. The van der Waals surface area contributed by atoms with Gasteiger partial charge in [0, 0.05) is 18.0 Å². The quantitative estimate of drug-likeness (QED) is 0.670. The normalized spacial score (nSPS) is 47.8. The standard InChI is InChI=1S/C13H22ClN/c1-15(3-2-14)13-7-10-4-11(8-13)6-12(5-10)9-13/h10-12H,2-9H2,1H3.